The van der Waals surface area contributed by atoms with Crippen LogP contribution in [0.1, 0.15) is 106 Å². The maximum absolute atomic E-state index is 12.0. The average Bonchev–Trinajstić information content (AvgIpc) is 4.01. The zero-order valence-corrected chi connectivity index (χ0v) is 46.2. The van der Waals surface area contributed by atoms with Gasteiger partial charge in [-0.2, -0.15) is 0 Å². The second-order valence-corrected chi connectivity index (χ2v) is 25.4. The summed E-state index contributed by atoms with van der Waals surface area (Å²) in [5, 5.41) is 126. The summed E-state index contributed by atoms with van der Waals surface area (Å²) in [5.41, 5.74) is 1.44. The van der Waals surface area contributed by atoms with Crippen molar-refractivity contribution in [1.29, 1.82) is 0 Å². The summed E-state index contributed by atoms with van der Waals surface area (Å²) in [4.78, 5) is 23.1. The van der Waals surface area contributed by atoms with Gasteiger partial charge in [0, 0.05) is 37.9 Å². The van der Waals surface area contributed by atoms with E-state index in [4.69, 9.17) is 52.7 Å². The third kappa shape index (κ3) is 11.4. The molecule has 31 atom stereocenters. The van der Waals surface area contributed by atoms with Crippen LogP contribution < -0.4 is 0 Å². The Morgan fingerprint density at radius 2 is 1.35 bits per heavy atom. The van der Waals surface area contributed by atoms with Crippen LogP contribution in [-0.4, -0.2) is 224 Å². The van der Waals surface area contributed by atoms with Crippen LogP contribution in [0, 0.1) is 64.1 Å². The van der Waals surface area contributed by atoms with Gasteiger partial charge in [0.2, 0.25) is 6.29 Å². The molecule has 0 aromatic heterocycles. The summed E-state index contributed by atoms with van der Waals surface area (Å²) in [7, 11) is 1.73. The Bertz CT molecular complexity index is 1990. The predicted octanol–water partition coefficient (Wildman–Crippen LogP) is -0.304. The van der Waals surface area contributed by atoms with Crippen LogP contribution in [0.4, 0.5) is 0 Å². The van der Waals surface area contributed by atoms with Crippen LogP contribution in [-0.2, 0) is 52.7 Å². The number of allylic oxidation sites excluding steroid dienone is 1. The molecule has 0 bridgehead atoms. The fourth-order valence-corrected chi connectivity index (χ4v) is 16.1. The highest BCUT2D eigenvalue weighted by Crippen LogP contribution is 2.70. The van der Waals surface area contributed by atoms with E-state index in [1.54, 1.807) is 7.11 Å². The van der Waals surface area contributed by atoms with Crippen molar-refractivity contribution < 1.29 is 114 Å². The Hall–Kier alpha value is -1.18. The molecule has 450 valence electrons. The van der Waals surface area contributed by atoms with Crippen LogP contribution >= 0.6 is 0 Å². The van der Waals surface area contributed by atoms with Crippen molar-refractivity contribution in [3.05, 3.63) is 11.6 Å². The van der Waals surface area contributed by atoms with Gasteiger partial charge in [-0.25, -0.2) is 19.6 Å². The molecular formula is C55H92O23. The Kier molecular flexibility index (Phi) is 19.5. The van der Waals surface area contributed by atoms with Crippen molar-refractivity contribution >= 4 is 0 Å². The quantitative estimate of drug-likeness (QED) is 0.0449. The zero-order valence-electron chi connectivity index (χ0n) is 46.2. The molecule has 0 spiro atoms. The predicted molar refractivity (Wildman–Crippen MR) is 268 cm³/mol. The number of rotatable bonds is 19. The number of methoxy groups -OCH3 is 1. The lowest BCUT2D eigenvalue weighted by atomic mass is 9.47. The Balaban J connectivity index is 0.795. The van der Waals surface area contributed by atoms with Crippen LogP contribution in [0.15, 0.2) is 11.6 Å². The van der Waals surface area contributed by atoms with Crippen LogP contribution in [0.2, 0.25) is 0 Å². The van der Waals surface area contributed by atoms with Crippen molar-refractivity contribution in [1.82, 2.24) is 0 Å². The summed E-state index contributed by atoms with van der Waals surface area (Å²) >= 11 is 0. The Morgan fingerprint density at radius 3 is 2.03 bits per heavy atom. The number of ether oxygens (including phenoxy) is 7. The molecule has 0 aromatic rings. The van der Waals surface area contributed by atoms with Gasteiger partial charge in [-0.15, -0.1) is 0 Å². The molecule has 0 aromatic carbocycles. The van der Waals surface area contributed by atoms with Crippen LogP contribution in [0.3, 0.4) is 0 Å². The Morgan fingerprint density at radius 1 is 0.679 bits per heavy atom. The summed E-state index contributed by atoms with van der Waals surface area (Å²) in [6.07, 6.45) is -12.9. The number of aliphatic hydroxyl groups is 12. The van der Waals surface area contributed by atoms with Crippen molar-refractivity contribution in [2.24, 2.45) is 64.1 Å². The van der Waals surface area contributed by atoms with Gasteiger partial charge in [0.15, 0.2) is 18.4 Å². The lowest BCUT2D eigenvalue weighted by Crippen LogP contribution is -2.61. The summed E-state index contributed by atoms with van der Waals surface area (Å²) in [5.74, 6) is -0.836. The fraction of sp³-hybridized carbons (Fsp3) is 0.964. The van der Waals surface area contributed by atoms with Gasteiger partial charge in [0.25, 0.3) is 0 Å². The van der Waals surface area contributed by atoms with Crippen molar-refractivity contribution in [2.45, 2.75) is 228 Å². The molecular weight excluding hydrogens is 1030 g/mol. The third-order valence-electron chi connectivity index (χ3n) is 21.0. The minimum absolute atomic E-state index is 0.00129. The molecule has 4 heterocycles. The van der Waals surface area contributed by atoms with E-state index in [1.165, 1.54) is 19.4 Å². The number of aliphatic hydroxyl groups excluding tert-OH is 12. The van der Waals surface area contributed by atoms with E-state index in [-0.39, 0.29) is 61.1 Å². The van der Waals surface area contributed by atoms with E-state index in [2.05, 4.69) is 26.8 Å². The van der Waals surface area contributed by atoms with Gasteiger partial charge >= 0.3 is 0 Å². The molecule has 78 heavy (non-hydrogen) atoms. The average molecular weight is 1120 g/mol. The molecule has 0 radical (unpaired) electrons. The van der Waals surface area contributed by atoms with Gasteiger partial charge < -0.3 is 94.4 Å². The largest absolute Gasteiger partial charge is 0.396 e. The summed E-state index contributed by atoms with van der Waals surface area (Å²) in [6, 6.07) is 0. The van der Waals surface area contributed by atoms with Crippen LogP contribution in [0.25, 0.3) is 0 Å². The first-order valence-corrected chi connectivity index (χ1v) is 28.8. The molecule has 8 fully saturated rings. The van der Waals surface area contributed by atoms with E-state index in [9.17, 15) is 61.3 Å². The van der Waals surface area contributed by atoms with Gasteiger partial charge in [-0.1, -0.05) is 39.3 Å². The van der Waals surface area contributed by atoms with Gasteiger partial charge in [0.1, 0.15) is 61.0 Å². The molecule has 9 aliphatic rings. The van der Waals surface area contributed by atoms with Gasteiger partial charge in [0.05, 0.1) is 63.1 Å². The first kappa shape index (κ1) is 61.4. The maximum atomic E-state index is 12.0. The van der Waals surface area contributed by atoms with E-state index >= 15 is 0 Å². The molecule has 4 aliphatic heterocycles. The number of hydrogen-bond acceptors (Lipinski definition) is 23. The normalized spacial score (nSPS) is 52.7. The van der Waals surface area contributed by atoms with Gasteiger partial charge in [-0.05, 0) is 118 Å². The molecule has 23 heteroatoms. The summed E-state index contributed by atoms with van der Waals surface area (Å²) in [6.45, 7) is 11.2. The van der Waals surface area contributed by atoms with Crippen LogP contribution in [0.5, 0.6) is 0 Å². The highest BCUT2D eigenvalue weighted by Gasteiger charge is 2.68. The smallest absolute Gasteiger partial charge is 0.220 e. The maximum Gasteiger partial charge on any atom is 0.220 e. The lowest BCUT2D eigenvalue weighted by molar-refractivity contribution is -0.428. The minimum atomic E-state index is -1.66. The molecule has 4 saturated carbocycles. The standard InChI is InChI=1S/C55H92O23/c1-24(21-70-78-52-48(67)45(64)42(61)37(20-57)74-52)10-15-55(68-7)25(2)38-36(76-55)18-35-32-9-8-30-17-31(11-13-53(30,5)34(32)12-14-54(35,38)6)77-71-22-29-16-28(19-56)49(75-51-47(66)44(63)40(59)27(4)73-51)41(60)33(29)23-69-50-46(65)43(62)39(58)26(3)72-50/h8,24-29,31-52,56-67H,9-23H2,1-7H3/t24-,25-,26+,27+,28-,29+,31-,32+,33+,34-,35+,36+,37+,38+,39-,40-,41-,42+,43+,44+,45-,46-,47-,48+,49-,50-,51+,52+,53-,54-,55+/m0/s1. The first-order chi connectivity index (χ1) is 37.0. The number of fused-ring (bicyclic) bond motifs is 7. The molecule has 5 aliphatic carbocycles. The van der Waals surface area contributed by atoms with Gasteiger partial charge in [-0.3, -0.25) is 0 Å². The summed E-state index contributed by atoms with van der Waals surface area (Å²) < 4.78 is 42.3. The lowest BCUT2D eigenvalue weighted by Gasteiger charge is -2.58. The highest BCUT2D eigenvalue weighted by molar-refractivity contribution is 5.26. The first-order valence-electron chi connectivity index (χ1n) is 28.8. The molecule has 0 amide bonds. The minimum Gasteiger partial charge on any atom is -0.396 e. The zero-order chi connectivity index (χ0) is 56.3. The third-order valence-corrected chi connectivity index (χ3v) is 21.0. The molecule has 0 unspecified atom stereocenters. The second kappa shape index (κ2) is 24.8. The van der Waals surface area contributed by atoms with E-state index in [1.807, 2.05) is 6.92 Å². The number of hydrogen-bond donors (Lipinski definition) is 12. The van der Waals surface area contributed by atoms with Crippen molar-refractivity contribution in [3.8, 4) is 0 Å². The molecule has 9 rings (SSSR count). The SMILES string of the molecule is CO[C@]1(CC[C@H](C)COO[C@H]2O[C@H](CO)[C@@H](O)[C@H](O)[C@H]2O)O[C@@H]2C[C@@H]3[C@@H]4CC=C5C[C@@H](OOC[C@H]6C[C@@H](CO)[C@H](O[C@H]7O[C@H](C)[C@H](O)[C@@H](O)[C@@H]7O)[C@@H](O)[C@@H]6CO[C@H]6O[C@H](C)[C@H](O)[C@@H](O)[C@@H]6O)CC[C@]5(C)[C@H]4CC[C@]3(C)[C@@H]2[C@@H]1C. The topological polar surface area (TPSA) is 344 Å². The van der Waals surface area contributed by atoms with E-state index in [0.717, 1.165) is 38.5 Å². The van der Waals surface area contributed by atoms with E-state index in [0.29, 0.717) is 42.9 Å². The highest BCUT2D eigenvalue weighted by atomic mass is 17.2. The second-order valence-electron chi connectivity index (χ2n) is 25.4. The molecule has 12 N–H and O–H groups in total. The van der Waals surface area contributed by atoms with Crippen molar-refractivity contribution in [2.75, 3.05) is 40.1 Å². The molecule has 23 nitrogen and oxygen atoms in total. The van der Waals surface area contributed by atoms with Crippen molar-refractivity contribution in [3.63, 3.8) is 0 Å². The van der Waals surface area contributed by atoms with E-state index < -0.39 is 141 Å². The molecule has 4 saturated heterocycles. The monoisotopic (exact) mass is 1120 g/mol. The Labute approximate surface area is 456 Å². The fourth-order valence-electron chi connectivity index (χ4n) is 16.1.